The Balaban J connectivity index is 1.85. The third-order valence-electron chi connectivity index (χ3n) is 4.35. The number of benzene rings is 2. The zero-order chi connectivity index (χ0) is 19.9. The van der Waals surface area contributed by atoms with Crippen LogP contribution in [0, 0.1) is 0 Å². The molecule has 0 radical (unpaired) electrons. The molecular formula is C21H23ClN4OS. The Morgan fingerprint density at radius 3 is 2.54 bits per heavy atom. The maximum absolute atomic E-state index is 12.2. The number of thioether (sulfide) groups is 1. The van der Waals surface area contributed by atoms with Crippen LogP contribution in [0.2, 0.25) is 5.02 Å². The van der Waals surface area contributed by atoms with E-state index in [1.165, 1.54) is 11.8 Å². The van der Waals surface area contributed by atoms with Gasteiger partial charge in [-0.1, -0.05) is 60.6 Å². The molecule has 3 rings (SSSR count). The summed E-state index contributed by atoms with van der Waals surface area (Å²) in [4.78, 5) is 12.2. The van der Waals surface area contributed by atoms with Gasteiger partial charge in [-0.15, -0.1) is 10.2 Å². The van der Waals surface area contributed by atoms with E-state index >= 15 is 0 Å². The first-order valence-electron chi connectivity index (χ1n) is 9.22. The summed E-state index contributed by atoms with van der Waals surface area (Å²) in [6.07, 6.45) is 0.904. The number of halogens is 1. The van der Waals surface area contributed by atoms with Crippen molar-refractivity contribution in [2.45, 2.75) is 38.0 Å². The van der Waals surface area contributed by atoms with Crippen molar-refractivity contribution in [3.05, 3.63) is 65.2 Å². The molecule has 1 atom stereocenters. The molecule has 2 aromatic carbocycles. The SMILES string of the molecule is CCC(C)NC(=O)CSc1nnc(-c2ccc(Cl)cc2)n1Cc1ccccc1. The summed E-state index contributed by atoms with van der Waals surface area (Å²) in [7, 11) is 0. The largest absolute Gasteiger partial charge is 0.353 e. The second-order valence-electron chi connectivity index (χ2n) is 6.55. The minimum absolute atomic E-state index is 0.00153. The van der Waals surface area contributed by atoms with Crippen molar-refractivity contribution >= 4 is 29.3 Å². The van der Waals surface area contributed by atoms with Gasteiger partial charge >= 0.3 is 0 Å². The maximum atomic E-state index is 12.2. The second-order valence-corrected chi connectivity index (χ2v) is 7.93. The second kappa shape index (κ2) is 9.75. The van der Waals surface area contributed by atoms with Crippen LogP contribution in [0.1, 0.15) is 25.8 Å². The first kappa shape index (κ1) is 20.4. The molecule has 0 aliphatic rings. The zero-order valence-electron chi connectivity index (χ0n) is 15.9. The zero-order valence-corrected chi connectivity index (χ0v) is 17.5. The lowest BCUT2D eigenvalue weighted by Crippen LogP contribution is -2.33. The van der Waals surface area contributed by atoms with E-state index in [0.717, 1.165) is 23.4 Å². The number of carbonyl (C=O) groups excluding carboxylic acids is 1. The van der Waals surface area contributed by atoms with Gasteiger partial charge in [0.15, 0.2) is 11.0 Å². The van der Waals surface area contributed by atoms with Crippen molar-refractivity contribution in [3.63, 3.8) is 0 Å². The molecule has 0 aliphatic carbocycles. The monoisotopic (exact) mass is 414 g/mol. The number of aromatic nitrogens is 3. The van der Waals surface area contributed by atoms with Crippen molar-refractivity contribution in [1.29, 1.82) is 0 Å². The molecule has 28 heavy (non-hydrogen) atoms. The van der Waals surface area contributed by atoms with Crippen molar-refractivity contribution in [3.8, 4) is 11.4 Å². The van der Waals surface area contributed by atoms with Crippen LogP contribution in [0.25, 0.3) is 11.4 Å². The Morgan fingerprint density at radius 1 is 1.14 bits per heavy atom. The van der Waals surface area contributed by atoms with E-state index in [2.05, 4.69) is 27.6 Å². The average molecular weight is 415 g/mol. The number of hydrogen-bond donors (Lipinski definition) is 1. The van der Waals surface area contributed by atoms with Gasteiger partial charge in [-0.25, -0.2) is 0 Å². The summed E-state index contributed by atoms with van der Waals surface area (Å²) in [5, 5.41) is 13.1. The fourth-order valence-electron chi connectivity index (χ4n) is 2.67. The summed E-state index contributed by atoms with van der Waals surface area (Å²) in [5.41, 5.74) is 2.08. The highest BCUT2D eigenvalue weighted by atomic mass is 35.5. The Hall–Kier alpha value is -2.31. The normalized spacial score (nSPS) is 12.0. The van der Waals surface area contributed by atoms with Gasteiger partial charge in [0.2, 0.25) is 5.91 Å². The predicted octanol–water partition coefficient (Wildman–Crippen LogP) is 4.65. The van der Waals surface area contributed by atoms with Crippen molar-refractivity contribution in [1.82, 2.24) is 20.1 Å². The molecule has 0 saturated heterocycles. The quantitative estimate of drug-likeness (QED) is 0.545. The Morgan fingerprint density at radius 2 is 1.86 bits per heavy atom. The first-order valence-corrected chi connectivity index (χ1v) is 10.6. The minimum Gasteiger partial charge on any atom is -0.353 e. The van der Waals surface area contributed by atoms with Crippen LogP contribution in [-0.4, -0.2) is 32.5 Å². The molecule has 1 amide bonds. The number of carbonyl (C=O) groups is 1. The van der Waals surface area contributed by atoms with Gasteiger partial charge < -0.3 is 5.32 Å². The summed E-state index contributed by atoms with van der Waals surface area (Å²) in [5.74, 6) is 1.06. The van der Waals surface area contributed by atoms with E-state index in [0.29, 0.717) is 22.5 Å². The molecule has 0 aliphatic heterocycles. The van der Waals surface area contributed by atoms with Crippen LogP contribution < -0.4 is 5.32 Å². The first-order chi connectivity index (χ1) is 13.6. The third-order valence-corrected chi connectivity index (χ3v) is 5.57. The number of hydrogen-bond acceptors (Lipinski definition) is 4. The van der Waals surface area contributed by atoms with Gasteiger partial charge in [0, 0.05) is 16.6 Å². The van der Waals surface area contributed by atoms with Crippen LogP contribution in [-0.2, 0) is 11.3 Å². The number of nitrogens with zero attached hydrogens (tertiary/aromatic N) is 3. The summed E-state index contributed by atoms with van der Waals surface area (Å²) in [6.45, 7) is 4.67. The molecule has 1 aromatic heterocycles. The van der Waals surface area contributed by atoms with Gasteiger partial charge in [0.05, 0.1) is 12.3 Å². The summed E-state index contributed by atoms with van der Waals surface area (Å²) in [6, 6.07) is 17.8. The highest BCUT2D eigenvalue weighted by Gasteiger charge is 2.16. The molecule has 0 bridgehead atoms. The van der Waals surface area contributed by atoms with Gasteiger partial charge in [0.1, 0.15) is 0 Å². The van der Waals surface area contributed by atoms with Crippen LogP contribution in [0.3, 0.4) is 0 Å². The molecule has 7 heteroatoms. The molecule has 1 heterocycles. The van der Waals surface area contributed by atoms with E-state index in [9.17, 15) is 4.79 Å². The Labute approximate surface area is 174 Å². The molecule has 0 saturated carbocycles. The lowest BCUT2D eigenvalue weighted by Gasteiger charge is -2.12. The topological polar surface area (TPSA) is 59.8 Å². The van der Waals surface area contributed by atoms with E-state index < -0.39 is 0 Å². The van der Waals surface area contributed by atoms with E-state index in [1.807, 2.05) is 60.9 Å². The summed E-state index contributed by atoms with van der Waals surface area (Å²) < 4.78 is 2.04. The van der Waals surface area contributed by atoms with E-state index in [1.54, 1.807) is 0 Å². The fourth-order valence-corrected chi connectivity index (χ4v) is 3.54. The van der Waals surface area contributed by atoms with Gasteiger partial charge in [0.25, 0.3) is 0 Å². The van der Waals surface area contributed by atoms with E-state index in [4.69, 9.17) is 11.6 Å². The van der Waals surface area contributed by atoms with Crippen LogP contribution in [0.5, 0.6) is 0 Å². The molecule has 1 unspecified atom stereocenters. The predicted molar refractivity (Wildman–Crippen MR) is 115 cm³/mol. The average Bonchev–Trinajstić information content (AvgIpc) is 3.10. The number of rotatable bonds is 8. The molecule has 1 N–H and O–H groups in total. The van der Waals surface area contributed by atoms with E-state index in [-0.39, 0.29) is 11.9 Å². The van der Waals surface area contributed by atoms with Gasteiger partial charge in [-0.05, 0) is 43.2 Å². The van der Waals surface area contributed by atoms with Crippen LogP contribution in [0.15, 0.2) is 59.8 Å². The molecule has 3 aromatic rings. The molecule has 0 fully saturated rings. The standard InChI is InChI=1S/C21H23ClN4OS/c1-3-15(2)23-19(27)14-28-21-25-24-20(17-9-11-18(22)12-10-17)26(21)13-16-7-5-4-6-8-16/h4-12,15H,3,13-14H2,1-2H3,(H,23,27). The third kappa shape index (κ3) is 5.36. The molecule has 0 spiro atoms. The van der Waals surface area contributed by atoms with Crippen LogP contribution in [0.4, 0.5) is 0 Å². The Kier molecular flexibility index (Phi) is 7.12. The lowest BCUT2D eigenvalue weighted by molar-refractivity contribution is -0.119. The highest BCUT2D eigenvalue weighted by Crippen LogP contribution is 2.26. The Bertz CT molecular complexity index is 912. The minimum atomic E-state index is 0.00153. The smallest absolute Gasteiger partial charge is 0.230 e. The number of amides is 1. The summed E-state index contributed by atoms with van der Waals surface area (Å²) >= 11 is 7.42. The van der Waals surface area contributed by atoms with Crippen molar-refractivity contribution < 1.29 is 4.79 Å². The molecule has 146 valence electrons. The molecule has 5 nitrogen and oxygen atoms in total. The van der Waals surface area contributed by atoms with Crippen molar-refractivity contribution in [2.75, 3.05) is 5.75 Å². The molecular weight excluding hydrogens is 392 g/mol. The maximum Gasteiger partial charge on any atom is 0.230 e. The van der Waals surface area contributed by atoms with Crippen molar-refractivity contribution in [2.24, 2.45) is 0 Å². The number of nitrogens with one attached hydrogen (secondary N) is 1. The van der Waals surface area contributed by atoms with Crippen LogP contribution >= 0.6 is 23.4 Å². The van der Waals surface area contributed by atoms with Gasteiger partial charge in [-0.3, -0.25) is 9.36 Å². The fraction of sp³-hybridized carbons (Fsp3) is 0.286. The highest BCUT2D eigenvalue weighted by molar-refractivity contribution is 7.99. The lowest BCUT2D eigenvalue weighted by atomic mass is 10.2. The van der Waals surface area contributed by atoms with Gasteiger partial charge in [-0.2, -0.15) is 0 Å².